The molecule has 0 aliphatic rings. The van der Waals surface area contributed by atoms with E-state index in [1.54, 1.807) is 6.08 Å². The van der Waals surface area contributed by atoms with Crippen LogP contribution in [0.15, 0.2) is 49.1 Å². The first-order chi connectivity index (χ1) is 10.6. The van der Waals surface area contributed by atoms with Gasteiger partial charge in [-0.05, 0) is 25.5 Å². The Bertz CT molecular complexity index is 632. The topological polar surface area (TPSA) is 44.1 Å². The minimum atomic E-state index is -0.213. The molecule has 0 amide bonds. The molecule has 0 bridgehead atoms. The van der Waals surface area contributed by atoms with Crippen molar-refractivity contribution < 1.29 is 9.53 Å². The van der Waals surface area contributed by atoms with E-state index in [0.717, 1.165) is 17.0 Å². The molecule has 0 N–H and O–H groups in total. The van der Waals surface area contributed by atoms with E-state index in [1.165, 1.54) is 0 Å². The molecule has 0 saturated heterocycles. The summed E-state index contributed by atoms with van der Waals surface area (Å²) in [6, 6.07) is 11.9. The van der Waals surface area contributed by atoms with E-state index in [1.807, 2.05) is 54.9 Å². The molecular weight excluding hydrogens is 276 g/mol. The van der Waals surface area contributed by atoms with Gasteiger partial charge in [-0.25, -0.2) is 0 Å². The zero-order valence-corrected chi connectivity index (χ0v) is 13.2. The van der Waals surface area contributed by atoms with Crippen LogP contribution in [0.4, 0.5) is 0 Å². The fraction of sp³-hybridized carbons (Fsp3) is 0.333. The van der Waals surface area contributed by atoms with E-state index in [2.05, 4.69) is 11.7 Å². The summed E-state index contributed by atoms with van der Waals surface area (Å²) in [6.07, 6.45) is 2.10. The van der Waals surface area contributed by atoms with Crippen LogP contribution in [0.5, 0.6) is 0 Å². The molecule has 1 aromatic heterocycles. The van der Waals surface area contributed by atoms with Gasteiger partial charge in [0.15, 0.2) is 0 Å². The van der Waals surface area contributed by atoms with Crippen LogP contribution < -0.4 is 0 Å². The van der Waals surface area contributed by atoms with Crippen LogP contribution in [-0.4, -0.2) is 22.4 Å². The van der Waals surface area contributed by atoms with Gasteiger partial charge in [0, 0.05) is 11.6 Å². The lowest BCUT2D eigenvalue weighted by Crippen LogP contribution is -2.14. The van der Waals surface area contributed by atoms with Gasteiger partial charge in [0.05, 0.1) is 18.7 Å². The maximum Gasteiger partial charge on any atom is 0.306 e. The Morgan fingerprint density at radius 2 is 2.09 bits per heavy atom. The molecule has 2 rings (SSSR count). The van der Waals surface area contributed by atoms with Crippen molar-refractivity contribution in [2.75, 3.05) is 6.61 Å². The maximum absolute atomic E-state index is 12.0. The van der Waals surface area contributed by atoms with Gasteiger partial charge in [0.25, 0.3) is 0 Å². The highest BCUT2D eigenvalue weighted by atomic mass is 16.5. The van der Waals surface area contributed by atoms with Crippen LogP contribution in [0.2, 0.25) is 0 Å². The SMILES string of the molecule is C=C[C@H](CC(=O)OCCn1nc(C)cc1C)c1ccccc1. The number of aryl methyl sites for hydroxylation is 2. The monoisotopic (exact) mass is 298 g/mol. The van der Waals surface area contributed by atoms with Crippen LogP contribution >= 0.6 is 0 Å². The third-order valence-corrected chi connectivity index (χ3v) is 3.57. The Kier molecular flexibility index (Phi) is 5.53. The van der Waals surface area contributed by atoms with Crippen molar-refractivity contribution in [1.82, 2.24) is 9.78 Å². The summed E-state index contributed by atoms with van der Waals surface area (Å²) < 4.78 is 7.17. The van der Waals surface area contributed by atoms with Gasteiger partial charge in [-0.15, -0.1) is 6.58 Å². The van der Waals surface area contributed by atoms with Crippen LogP contribution in [-0.2, 0) is 16.1 Å². The molecule has 0 aliphatic heterocycles. The van der Waals surface area contributed by atoms with E-state index >= 15 is 0 Å². The van der Waals surface area contributed by atoms with E-state index in [4.69, 9.17) is 4.74 Å². The van der Waals surface area contributed by atoms with Crippen LogP contribution in [0.25, 0.3) is 0 Å². The van der Waals surface area contributed by atoms with E-state index in [9.17, 15) is 4.79 Å². The van der Waals surface area contributed by atoms with Crippen molar-refractivity contribution in [2.45, 2.75) is 32.7 Å². The minimum Gasteiger partial charge on any atom is -0.464 e. The predicted molar refractivity (Wildman–Crippen MR) is 86.7 cm³/mol. The zero-order valence-electron chi connectivity index (χ0n) is 13.2. The molecule has 2 aromatic rings. The normalized spacial score (nSPS) is 11.9. The quantitative estimate of drug-likeness (QED) is 0.581. The number of benzene rings is 1. The second-order valence-electron chi connectivity index (χ2n) is 5.33. The fourth-order valence-electron chi connectivity index (χ4n) is 2.42. The molecular formula is C18H22N2O2. The van der Waals surface area contributed by atoms with Crippen LogP contribution in [0, 0.1) is 13.8 Å². The van der Waals surface area contributed by atoms with Gasteiger partial charge in [0.2, 0.25) is 0 Å². The number of carbonyl (C=O) groups is 1. The average molecular weight is 298 g/mol. The molecule has 0 radical (unpaired) electrons. The molecule has 0 aliphatic carbocycles. The summed E-state index contributed by atoms with van der Waals surface area (Å²) in [5.74, 6) is -0.224. The summed E-state index contributed by atoms with van der Waals surface area (Å²) in [7, 11) is 0. The Balaban J connectivity index is 1.82. The van der Waals surface area contributed by atoms with E-state index in [0.29, 0.717) is 19.6 Å². The van der Waals surface area contributed by atoms with E-state index in [-0.39, 0.29) is 11.9 Å². The molecule has 0 unspecified atom stereocenters. The fourth-order valence-corrected chi connectivity index (χ4v) is 2.42. The largest absolute Gasteiger partial charge is 0.464 e. The highest BCUT2D eigenvalue weighted by Gasteiger charge is 2.13. The molecule has 0 fully saturated rings. The lowest BCUT2D eigenvalue weighted by Gasteiger charge is -2.12. The number of rotatable bonds is 7. The summed E-state index contributed by atoms with van der Waals surface area (Å²) in [4.78, 5) is 12.0. The Hall–Kier alpha value is -2.36. The van der Waals surface area contributed by atoms with Crippen molar-refractivity contribution in [3.8, 4) is 0 Å². The third-order valence-electron chi connectivity index (χ3n) is 3.57. The summed E-state index contributed by atoms with van der Waals surface area (Å²) in [5, 5.41) is 4.34. The number of hydrogen-bond donors (Lipinski definition) is 0. The molecule has 1 aromatic carbocycles. The second-order valence-corrected chi connectivity index (χ2v) is 5.33. The summed E-state index contributed by atoms with van der Waals surface area (Å²) in [6.45, 7) is 8.66. The van der Waals surface area contributed by atoms with Gasteiger partial charge in [-0.3, -0.25) is 9.48 Å². The van der Waals surface area contributed by atoms with Crippen molar-refractivity contribution >= 4 is 5.97 Å². The Morgan fingerprint density at radius 1 is 1.36 bits per heavy atom. The number of allylic oxidation sites excluding steroid dienone is 1. The molecule has 4 nitrogen and oxygen atoms in total. The molecule has 1 atom stereocenters. The van der Waals surface area contributed by atoms with Gasteiger partial charge in [-0.2, -0.15) is 5.10 Å². The molecule has 0 spiro atoms. The molecule has 0 saturated carbocycles. The van der Waals surface area contributed by atoms with Crippen LogP contribution in [0.1, 0.15) is 29.3 Å². The smallest absolute Gasteiger partial charge is 0.306 e. The maximum atomic E-state index is 12.0. The van der Waals surface area contributed by atoms with Gasteiger partial charge in [0.1, 0.15) is 6.61 Å². The lowest BCUT2D eigenvalue weighted by atomic mass is 9.96. The molecule has 22 heavy (non-hydrogen) atoms. The predicted octanol–water partition coefficient (Wildman–Crippen LogP) is 3.40. The number of hydrogen-bond acceptors (Lipinski definition) is 3. The Morgan fingerprint density at radius 3 is 2.68 bits per heavy atom. The summed E-state index contributed by atoms with van der Waals surface area (Å²) >= 11 is 0. The standard InChI is InChI=1S/C18H22N2O2/c1-4-16(17-8-6-5-7-9-17)13-18(21)22-11-10-20-15(3)12-14(2)19-20/h4-9,12,16H,1,10-11,13H2,2-3H3/t16-/m1/s1. The zero-order chi connectivity index (χ0) is 15.9. The van der Waals surface area contributed by atoms with Crippen molar-refractivity contribution in [2.24, 2.45) is 0 Å². The second kappa shape index (κ2) is 7.59. The molecule has 116 valence electrons. The van der Waals surface area contributed by atoms with Gasteiger partial charge < -0.3 is 4.74 Å². The molecule has 4 heteroatoms. The number of carbonyl (C=O) groups excluding carboxylic acids is 1. The minimum absolute atomic E-state index is 0.0117. The van der Waals surface area contributed by atoms with Crippen molar-refractivity contribution in [1.29, 1.82) is 0 Å². The first-order valence-electron chi connectivity index (χ1n) is 7.44. The molecule has 1 heterocycles. The van der Waals surface area contributed by atoms with Gasteiger partial charge in [-0.1, -0.05) is 36.4 Å². The Labute approximate surface area is 131 Å². The van der Waals surface area contributed by atoms with Crippen molar-refractivity contribution in [3.63, 3.8) is 0 Å². The highest BCUT2D eigenvalue weighted by molar-refractivity contribution is 5.71. The number of ether oxygens (including phenoxy) is 1. The first-order valence-corrected chi connectivity index (χ1v) is 7.44. The van der Waals surface area contributed by atoms with E-state index < -0.39 is 0 Å². The highest BCUT2D eigenvalue weighted by Crippen LogP contribution is 2.20. The summed E-state index contributed by atoms with van der Waals surface area (Å²) in [5.41, 5.74) is 3.12. The first kappa shape index (κ1) is 16.0. The lowest BCUT2D eigenvalue weighted by molar-refractivity contribution is -0.144. The number of nitrogens with zero attached hydrogens (tertiary/aromatic N) is 2. The van der Waals surface area contributed by atoms with Gasteiger partial charge >= 0.3 is 5.97 Å². The number of esters is 1. The number of aromatic nitrogens is 2. The van der Waals surface area contributed by atoms with Crippen LogP contribution in [0.3, 0.4) is 0 Å². The average Bonchev–Trinajstić information content (AvgIpc) is 2.83. The van der Waals surface area contributed by atoms with Crippen molar-refractivity contribution in [3.05, 3.63) is 66.0 Å². The third kappa shape index (κ3) is 4.32.